The normalized spacial score (nSPS) is 16.6. The van der Waals surface area contributed by atoms with Crippen LogP contribution in [0.2, 0.25) is 0 Å². The largest absolute Gasteiger partial charge is 0.479 e. The van der Waals surface area contributed by atoms with E-state index >= 15 is 0 Å². The summed E-state index contributed by atoms with van der Waals surface area (Å²) in [6, 6.07) is 0. The highest BCUT2D eigenvalue weighted by molar-refractivity contribution is 5.76. The van der Waals surface area contributed by atoms with Crippen LogP contribution in [0, 0.1) is 0 Å². The van der Waals surface area contributed by atoms with Gasteiger partial charge >= 0.3 is 11.9 Å². The number of hydrogen-bond donors (Lipinski definition) is 6. The summed E-state index contributed by atoms with van der Waals surface area (Å²) in [5.41, 5.74) is 0. The van der Waals surface area contributed by atoms with Crippen LogP contribution in [-0.2, 0) is 14.3 Å². The van der Waals surface area contributed by atoms with Crippen LogP contribution < -0.4 is 0 Å². The molecule has 9 nitrogen and oxygen atoms in total. The molecule has 220 valence electrons. The highest BCUT2D eigenvalue weighted by Crippen LogP contribution is 2.19. The Bertz CT molecular complexity index is 524. The average Bonchev–Trinajstić information content (AvgIpc) is 2.86. The van der Waals surface area contributed by atoms with Crippen LogP contribution in [0.15, 0.2) is 0 Å². The van der Waals surface area contributed by atoms with Gasteiger partial charge in [0.15, 0.2) is 12.2 Å². The molecule has 0 heterocycles. The number of ether oxygens (including phenoxy) is 1. The quantitative estimate of drug-likeness (QED) is 0.0881. The minimum Gasteiger partial charge on any atom is -0.479 e. The summed E-state index contributed by atoms with van der Waals surface area (Å²) in [4.78, 5) is 23.4. The second kappa shape index (κ2) is 22.7. The Kier molecular flexibility index (Phi) is 21.9. The third-order valence-electron chi connectivity index (χ3n) is 6.90. The van der Waals surface area contributed by atoms with Crippen molar-refractivity contribution in [3.63, 3.8) is 0 Å². The van der Waals surface area contributed by atoms with Crippen LogP contribution >= 0.6 is 0 Å². The fourth-order valence-corrected chi connectivity index (χ4v) is 4.45. The minimum atomic E-state index is -2.06. The molecule has 0 saturated carbocycles. The Hall–Kier alpha value is -1.26. The SMILES string of the molecule is CCCCCCCCCCC(O)C(O)C(OC(C(=O)O)C(O)C(O)CCCCCCCCCC)C(=O)O. The summed E-state index contributed by atoms with van der Waals surface area (Å²) in [7, 11) is 0. The van der Waals surface area contributed by atoms with Crippen molar-refractivity contribution in [3.8, 4) is 0 Å². The Labute approximate surface area is 223 Å². The van der Waals surface area contributed by atoms with Gasteiger partial charge in [0.2, 0.25) is 0 Å². The minimum absolute atomic E-state index is 0.143. The van der Waals surface area contributed by atoms with Gasteiger partial charge < -0.3 is 35.4 Å². The molecule has 0 aliphatic heterocycles. The molecule has 0 aliphatic rings. The van der Waals surface area contributed by atoms with Crippen molar-refractivity contribution in [2.75, 3.05) is 0 Å². The zero-order valence-electron chi connectivity index (χ0n) is 23.1. The van der Waals surface area contributed by atoms with Gasteiger partial charge in [-0.05, 0) is 12.8 Å². The monoisotopic (exact) mass is 534 g/mol. The van der Waals surface area contributed by atoms with Crippen LogP contribution in [0.5, 0.6) is 0 Å². The molecular formula is C28H54O9. The molecular weight excluding hydrogens is 480 g/mol. The van der Waals surface area contributed by atoms with Gasteiger partial charge in [-0.15, -0.1) is 0 Å². The zero-order valence-corrected chi connectivity index (χ0v) is 23.1. The number of hydrogen-bond acceptors (Lipinski definition) is 7. The Morgan fingerprint density at radius 1 is 0.514 bits per heavy atom. The standard InChI is InChI=1S/C28H54O9/c1-3-5-7-9-11-13-15-17-19-21(29)23(31)25(27(33)34)37-26(28(35)36)24(32)22(30)20-18-16-14-12-10-8-6-4-2/h21-26,29-32H,3-20H2,1-2H3,(H,33,34)(H,35,36). The topological polar surface area (TPSA) is 165 Å². The van der Waals surface area contributed by atoms with Crippen LogP contribution in [0.3, 0.4) is 0 Å². The number of carboxylic acids is 2. The van der Waals surface area contributed by atoms with Crippen molar-refractivity contribution in [1.29, 1.82) is 0 Å². The second-order valence-corrected chi connectivity index (χ2v) is 10.3. The van der Waals surface area contributed by atoms with E-state index < -0.39 is 48.6 Å². The maximum absolute atomic E-state index is 11.7. The zero-order chi connectivity index (χ0) is 28.1. The first-order valence-corrected chi connectivity index (χ1v) is 14.5. The van der Waals surface area contributed by atoms with Crippen LogP contribution in [0.4, 0.5) is 0 Å². The van der Waals surface area contributed by atoms with Crippen molar-refractivity contribution < 1.29 is 45.0 Å². The molecule has 6 atom stereocenters. The first kappa shape index (κ1) is 35.7. The van der Waals surface area contributed by atoms with Gasteiger partial charge in [0.1, 0.15) is 12.2 Å². The third-order valence-corrected chi connectivity index (χ3v) is 6.90. The first-order chi connectivity index (χ1) is 17.7. The number of carbonyl (C=O) groups is 2. The van der Waals surface area contributed by atoms with Gasteiger partial charge in [-0.25, -0.2) is 9.59 Å². The van der Waals surface area contributed by atoms with Crippen molar-refractivity contribution in [2.45, 2.75) is 166 Å². The molecule has 0 aromatic heterocycles. The molecule has 0 fully saturated rings. The highest BCUT2D eigenvalue weighted by atomic mass is 16.6. The van der Waals surface area contributed by atoms with Gasteiger partial charge in [0.05, 0.1) is 12.2 Å². The Morgan fingerprint density at radius 3 is 1.05 bits per heavy atom. The summed E-state index contributed by atoms with van der Waals surface area (Å²) in [5.74, 6) is -3.31. The van der Waals surface area contributed by atoms with E-state index in [-0.39, 0.29) is 12.8 Å². The number of carboxylic acid groups (broad SMARTS) is 2. The van der Waals surface area contributed by atoms with E-state index in [0.29, 0.717) is 12.8 Å². The van der Waals surface area contributed by atoms with E-state index in [1.807, 2.05) is 0 Å². The lowest BCUT2D eigenvalue weighted by Crippen LogP contribution is -2.52. The van der Waals surface area contributed by atoms with Crippen molar-refractivity contribution >= 4 is 11.9 Å². The summed E-state index contributed by atoms with van der Waals surface area (Å²) in [6.45, 7) is 4.31. The van der Waals surface area contributed by atoms with Crippen molar-refractivity contribution in [1.82, 2.24) is 0 Å². The molecule has 0 saturated heterocycles. The number of aliphatic hydroxyl groups is 4. The fourth-order valence-electron chi connectivity index (χ4n) is 4.45. The molecule has 6 unspecified atom stereocenters. The molecule has 0 radical (unpaired) electrons. The molecule has 37 heavy (non-hydrogen) atoms. The summed E-state index contributed by atoms with van der Waals surface area (Å²) >= 11 is 0. The lowest BCUT2D eigenvalue weighted by molar-refractivity contribution is -0.196. The molecule has 0 aliphatic carbocycles. The van der Waals surface area contributed by atoms with E-state index in [2.05, 4.69) is 13.8 Å². The van der Waals surface area contributed by atoms with Gasteiger partial charge in [0.25, 0.3) is 0 Å². The van der Waals surface area contributed by atoms with E-state index in [1.165, 1.54) is 38.5 Å². The molecule has 0 aromatic rings. The molecule has 9 heteroatoms. The average molecular weight is 535 g/mol. The number of rotatable bonds is 26. The molecule has 0 rings (SSSR count). The van der Waals surface area contributed by atoms with Gasteiger partial charge in [0, 0.05) is 0 Å². The van der Waals surface area contributed by atoms with Gasteiger partial charge in [-0.2, -0.15) is 0 Å². The number of aliphatic carboxylic acids is 2. The van der Waals surface area contributed by atoms with Crippen LogP contribution in [0.1, 0.15) is 129 Å². The third kappa shape index (κ3) is 17.0. The lowest BCUT2D eigenvalue weighted by Gasteiger charge is -2.30. The van der Waals surface area contributed by atoms with E-state index in [4.69, 9.17) is 4.74 Å². The van der Waals surface area contributed by atoms with E-state index in [0.717, 1.165) is 51.4 Å². The second-order valence-electron chi connectivity index (χ2n) is 10.3. The lowest BCUT2D eigenvalue weighted by atomic mass is 9.98. The van der Waals surface area contributed by atoms with E-state index in [1.54, 1.807) is 0 Å². The van der Waals surface area contributed by atoms with Crippen LogP contribution in [0.25, 0.3) is 0 Å². The summed E-state index contributed by atoms with van der Waals surface area (Å²) < 4.78 is 5.08. The predicted molar refractivity (Wildman–Crippen MR) is 142 cm³/mol. The molecule has 0 spiro atoms. The summed E-state index contributed by atoms with van der Waals surface area (Å²) in [6.07, 6.45) is 6.00. The van der Waals surface area contributed by atoms with Gasteiger partial charge in [-0.3, -0.25) is 0 Å². The van der Waals surface area contributed by atoms with Crippen LogP contribution in [-0.4, -0.2) is 79.2 Å². The Balaban J connectivity index is 4.63. The van der Waals surface area contributed by atoms with Crippen molar-refractivity contribution in [3.05, 3.63) is 0 Å². The highest BCUT2D eigenvalue weighted by Gasteiger charge is 2.41. The van der Waals surface area contributed by atoms with Crippen molar-refractivity contribution in [2.24, 2.45) is 0 Å². The maximum Gasteiger partial charge on any atom is 0.335 e. The van der Waals surface area contributed by atoms with E-state index in [9.17, 15) is 40.2 Å². The smallest absolute Gasteiger partial charge is 0.335 e. The van der Waals surface area contributed by atoms with Gasteiger partial charge in [-0.1, -0.05) is 117 Å². The Morgan fingerprint density at radius 2 is 0.784 bits per heavy atom. The fraction of sp³-hybridized carbons (Fsp3) is 0.929. The molecule has 6 N–H and O–H groups in total. The number of aliphatic hydroxyl groups excluding tert-OH is 4. The summed E-state index contributed by atoms with van der Waals surface area (Å²) in [5, 5.41) is 60.4. The molecule has 0 aromatic carbocycles. The number of unbranched alkanes of at least 4 members (excludes halogenated alkanes) is 14. The predicted octanol–water partition coefficient (Wildman–Crippen LogP) is 4.41. The first-order valence-electron chi connectivity index (χ1n) is 14.5. The molecule has 0 bridgehead atoms. The molecule has 0 amide bonds. The maximum atomic E-state index is 11.7.